The van der Waals surface area contributed by atoms with Crippen LogP contribution in [0, 0.1) is 12.8 Å². The Morgan fingerprint density at radius 1 is 1.71 bits per heavy atom. The molecule has 1 aromatic heterocycles. The van der Waals surface area contributed by atoms with Crippen LogP contribution in [0.3, 0.4) is 0 Å². The zero-order valence-corrected chi connectivity index (χ0v) is 9.58. The molecule has 1 unspecified atom stereocenters. The van der Waals surface area contributed by atoms with Gasteiger partial charge in [0.1, 0.15) is 0 Å². The van der Waals surface area contributed by atoms with Crippen molar-refractivity contribution in [3.63, 3.8) is 0 Å². The van der Waals surface area contributed by atoms with Crippen molar-refractivity contribution in [3.05, 3.63) is 34.5 Å². The van der Waals surface area contributed by atoms with Crippen LogP contribution in [0.2, 0.25) is 0 Å². The number of aryl methyl sites for hydroxylation is 1. The second-order valence-electron chi connectivity index (χ2n) is 4.15. The van der Waals surface area contributed by atoms with E-state index in [9.17, 15) is 4.79 Å². The summed E-state index contributed by atoms with van der Waals surface area (Å²) in [5.41, 5.74) is 10.1. The van der Waals surface area contributed by atoms with Crippen LogP contribution < -0.4 is 4.90 Å². The summed E-state index contributed by atoms with van der Waals surface area (Å²) >= 11 is 0. The third-order valence-electron chi connectivity index (χ3n) is 2.89. The molecule has 2 rings (SSSR count). The lowest BCUT2D eigenvalue weighted by atomic mass is 10.1. The Labute approximate surface area is 98.9 Å². The van der Waals surface area contributed by atoms with Gasteiger partial charge in [0.25, 0.3) is 0 Å². The normalized spacial score (nSPS) is 19.2. The van der Waals surface area contributed by atoms with Gasteiger partial charge in [-0.15, -0.1) is 0 Å². The lowest BCUT2D eigenvalue weighted by molar-refractivity contribution is -0.117. The summed E-state index contributed by atoms with van der Waals surface area (Å²) in [7, 11) is 0. The van der Waals surface area contributed by atoms with E-state index in [1.807, 2.05) is 13.0 Å². The van der Waals surface area contributed by atoms with Gasteiger partial charge in [-0.2, -0.15) is 0 Å². The molecule has 0 aliphatic carbocycles. The summed E-state index contributed by atoms with van der Waals surface area (Å²) in [6, 6.07) is 1.84. The first kappa shape index (κ1) is 11.4. The molecule has 0 bridgehead atoms. The number of carbonyl (C=O) groups is 1. The highest BCUT2D eigenvalue weighted by Crippen LogP contribution is 2.27. The van der Waals surface area contributed by atoms with Crippen LogP contribution in [0.4, 0.5) is 5.69 Å². The number of azide groups is 1. The SMILES string of the molecule is Cc1cnccc1N1CC(CN=[N+]=[N-])CC1=O. The van der Waals surface area contributed by atoms with E-state index in [1.165, 1.54) is 0 Å². The van der Waals surface area contributed by atoms with E-state index < -0.39 is 0 Å². The Balaban J connectivity index is 2.16. The fourth-order valence-electron chi connectivity index (χ4n) is 2.06. The van der Waals surface area contributed by atoms with E-state index in [-0.39, 0.29) is 11.8 Å². The van der Waals surface area contributed by atoms with E-state index in [0.29, 0.717) is 19.5 Å². The molecule has 2 heterocycles. The average Bonchev–Trinajstić information content (AvgIpc) is 2.68. The highest BCUT2D eigenvalue weighted by Gasteiger charge is 2.30. The van der Waals surface area contributed by atoms with E-state index in [2.05, 4.69) is 15.0 Å². The van der Waals surface area contributed by atoms with Gasteiger partial charge >= 0.3 is 0 Å². The molecule has 1 aliphatic rings. The molecule has 0 saturated carbocycles. The maximum atomic E-state index is 11.9. The molecule has 0 N–H and O–H groups in total. The van der Waals surface area contributed by atoms with Crippen LogP contribution in [0.25, 0.3) is 10.4 Å². The summed E-state index contributed by atoms with van der Waals surface area (Å²) in [6.07, 6.45) is 3.86. The summed E-state index contributed by atoms with van der Waals surface area (Å²) in [6.45, 7) is 2.92. The van der Waals surface area contributed by atoms with Crippen molar-refractivity contribution in [2.24, 2.45) is 11.0 Å². The molecule has 88 valence electrons. The lowest BCUT2D eigenvalue weighted by Gasteiger charge is -2.18. The van der Waals surface area contributed by atoms with Crippen molar-refractivity contribution in [2.75, 3.05) is 18.0 Å². The number of aromatic nitrogens is 1. The lowest BCUT2D eigenvalue weighted by Crippen LogP contribution is -2.25. The van der Waals surface area contributed by atoms with Crippen LogP contribution >= 0.6 is 0 Å². The predicted molar refractivity (Wildman–Crippen MR) is 63.4 cm³/mol. The Morgan fingerprint density at radius 2 is 2.53 bits per heavy atom. The molecule has 0 spiro atoms. The minimum Gasteiger partial charge on any atom is -0.312 e. The second-order valence-corrected chi connectivity index (χ2v) is 4.15. The zero-order valence-electron chi connectivity index (χ0n) is 9.58. The number of hydrogen-bond donors (Lipinski definition) is 0. The topological polar surface area (TPSA) is 82.0 Å². The number of pyridine rings is 1. The number of rotatable bonds is 3. The Kier molecular flexibility index (Phi) is 3.25. The van der Waals surface area contributed by atoms with E-state index in [1.54, 1.807) is 17.3 Å². The molecule has 6 nitrogen and oxygen atoms in total. The first-order chi connectivity index (χ1) is 8.22. The van der Waals surface area contributed by atoms with Crippen molar-refractivity contribution in [1.29, 1.82) is 0 Å². The molecule has 0 aromatic carbocycles. The molecule has 1 saturated heterocycles. The maximum absolute atomic E-state index is 11.9. The number of nitrogens with zero attached hydrogens (tertiary/aromatic N) is 5. The molecular weight excluding hydrogens is 218 g/mol. The average molecular weight is 231 g/mol. The van der Waals surface area contributed by atoms with Gasteiger partial charge in [-0.3, -0.25) is 9.78 Å². The van der Waals surface area contributed by atoms with Crippen molar-refractivity contribution in [1.82, 2.24) is 4.98 Å². The fourth-order valence-corrected chi connectivity index (χ4v) is 2.06. The summed E-state index contributed by atoms with van der Waals surface area (Å²) < 4.78 is 0. The monoisotopic (exact) mass is 231 g/mol. The van der Waals surface area contributed by atoms with E-state index >= 15 is 0 Å². The Hall–Kier alpha value is -2.07. The van der Waals surface area contributed by atoms with Gasteiger partial charge in [-0.1, -0.05) is 5.11 Å². The van der Waals surface area contributed by atoms with Crippen LogP contribution in [0.5, 0.6) is 0 Å². The third-order valence-corrected chi connectivity index (χ3v) is 2.89. The van der Waals surface area contributed by atoms with Crippen molar-refractivity contribution in [3.8, 4) is 0 Å². The van der Waals surface area contributed by atoms with Gasteiger partial charge in [0.05, 0.1) is 0 Å². The highest BCUT2D eigenvalue weighted by atomic mass is 16.2. The number of amides is 1. The molecule has 0 radical (unpaired) electrons. The van der Waals surface area contributed by atoms with Gasteiger partial charge < -0.3 is 4.90 Å². The first-order valence-electron chi connectivity index (χ1n) is 5.44. The van der Waals surface area contributed by atoms with E-state index in [0.717, 1.165) is 11.3 Å². The van der Waals surface area contributed by atoms with Crippen molar-refractivity contribution >= 4 is 11.6 Å². The molecule has 1 aromatic rings. The molecule has 1 atom stereocenters. The summed E-state index contributed by atoms with van der Waals surface area (Å²) in [4.78, 5) is 20.3. The van der Waals surface area contributed by atoms with Crippen molar-refractivity contribution < 1.29 is 4.79 Å². The fraction of sp³-hybridized carbons (Fsp3) is 0.455. The van der Waals surface area contributed by atoms with Gasteiger partial charge in [0.2, 0.25) is 5.91 Å². The predicted octanol–water partition coefficient (Wildman–Crippen LogP) is 2.05. The standard InChI is InChI=1S/C11H13N5O/c1-8-5-13-3-2-10(8)16-7-9(4-11(16)17)6-14-15-12/h2-3,5,9H,4,6-7H2,1H3. The number of carbonyl (C=O) groups excluding carboxylic acids is 1. The molecule has 1 fully saturated rings. The molecule has 6 heteroatoms. The summed E-state index contributed by atoms with van der Waals surface area (Å²) in [5, 5.41) is 3.53. The van der Waals surface area contributed by atoms with Gasteiger partial charge in [0.15, 0.2) is 0 Å². The minimum absolute atomic E-state index is 0.0810. The van der Waals surface area contributed by atoms with Gasteiger partial charge in [-0.25, -0.2) is 0 Å². The molecule has 1 aliphatic heterocycles. The van der Waals surface area contributed by atoms with E-state index in [4.69, 9.17) is 5.53 Å². The quantitative estimate of drug-likeness (QED) is 0.453. The Morgan fingerprint density at radius 3 is 3.24 bits per heavy atom. The van der Waals surface area contributed by atoms with Crippen LogP contribution in [0.15, 0.2) is 23.6 Å². The highest BCUT2D eigenvalue weighted by molar-refractivity contribution is 5.96. The van der Waals surface area contributed by atoms with Crippen LogP contribution in [-0.4, -0.2) is 24.0 Å². The van der Waals surface area contributed by atoms with Gasteiger partial charge in [-0.05, 0) is 30.0 Å². The summed E-state index contributed by atoms with van der Waals surface area (Å²) in [5.74, 6) is 0.198. The van der Waals surface area contributed by atoms with Gasteiger partial charge in [0, 0.05) is 42.5 Å². The Bertz CT molecular complexity index is 481. The second kappa shape index (κ2) is 4.84. The molecule has 1 amide bonds. The smallest absolute Gasteiger partial charge is 0.227 e. The maximum Gasteiger partial charge on any atom is 0.227 e. The first-order valence-corrected chi connectivity index (χ1v) is 5.44. The third kappa shape index (κ3) is 2.37. The molecule has 17 heavy (non-hydrogen) atoms. The zero-order chi connectivity index (χ0) is 12.3. The van der Waals surface area contributed by atoms with Crippen molar-refractivity contribution in [2.45, 2.75) is 13.3 Å². The number of hydrogen-bond acceptors (Lipinski definition) is 3. The molecular formula is C11H13N5O. The minimum atomic E-state index is 0.0810. The largest absolute Gasteiger partial charge is 0.312 e. The van der Waals surface area contributed by atoms with Crippen LogP contribution in [-0.2, 0) is 4.79 Å². The van der Waals surface area contributed by atoms with Crippen LogP contribution in [0.1, 0.15) is 12.0 Å². The number of anilines is 1.